The quantitative estimate of drug-likeness (QED) is 0.797. The fourth-order valence-electron chi connectivity index (χ4n) is 3.22. The first-order valence-corrected chi connectivity index (χ1v) is 8.63. The van der Waals surface area contributed by atoms with Crippen LogP contribution in [0.2, 0.25) is 0 Å². The van der Waals surface area contributed by atoms with Gasteiger partial charge in [0, 0.05) is 20.1 Å². The summed E-state index contributed by atoms with van der Waals surface area (Å²) in [5.41, 5.74) is 6.00. The van der Waals surface area contributed by atoms with Crippen molar-refractivity contribution in [2.75, 3.05) is 37.3 Å². The molecule has 0 atom stereocenters. The predicted octanol–water partition coefficient (Wildman–Crippen LogP) is 0.226. The number of hydrogen-bond acceptors (Lipinski definition) is 5. The number of likely N-dealkylation sites (tertiary alicyclic amines) is 1. The molecule has 8 heteroatoms. The number of benzene rings is 1. The summed E-state index contributed by atoms with van der Waals surface area (Å²) in [6.07, 6.45) is 2.00. The molecule has 26 heavy (non-hydrogen) atoms. The van der Waals surface area contributed by atoms with E-state index < -0.39 is 11.2 Å². The van der Waals surface area contributed by atoms with Gasteiger partial charge in [-0.2, -0.15) is 0 Å². The van der Waals surface area contributed by atoms with E-state index in [9.17, 15) is 14.4 Å². The molecule has 3 rings (SSSR count). The highest BCUT2D eigenvalue weighted by Crippen LogP contribution is 2.17. The molecular formula is C18H23N5O3. The summed E-state index contributed by atoms with van der Waals surface area (Å²) < 4.78 is 1.31. The van der Waals surface area contributed by atoms with Crippen LogP contribution in [0.5, 0.6) is 0 Å². The number of H-pyrrole nitrogens is 1. The lowest BCUT2D eigenvalue weighted by Gasteiger charge is -2.24. The molecule has 0 bridgehead atoms. The summed E-state index contributed by atoms with van der Waals surface area (Å²) in [6, 6.07) is 9.36. The van der Waals surface area contributed by atoms with Gasteiger partial charge in [0.15, 0.2) is 0 Å². The van der Waals surface area contributed by atoms with Gasteiger partial charge in [-0.1, -0.05) is 30.3 Å². The topological polar surface area (TPSA) is 104 Å². The number of aromatic amines is 1. The molecule has 1 fully saturated rings. The molecule has 1 aromatic carbocycles. The van der Waals surface area contributed by atoms with E-state index in [0.717, 1.165) is 31.5 Å². The number of nitrogens with zero attached hydrogens (tertiary/aromatic N) is 3. The Morgan fingerprint density at radius 1 is 1.19 bits per heavy atom. The summed E-state index contributed by atoms with van der Waals surface area (Å²) in [6.45, 7) is 1.76. The van der Waals surface area contributed by atoms with Crippen molar-refractivity contribution in [3.63, 3.8) is 0 Å². The summed E-state index contributed by atoms with van der Waals surface area (Å²) >= 11 is 0. The molecule has 3 N–H and O–H groups in total. The Morgan fingerprint density at radius 2 is 1.85 bits per heavy atom. The first-order chi connectivity index (χ1) is 12.5. The lowest BCUT2D eigenvalue weighted by Crippen LogP contribution is -2.42. The standard InChI is InChI=1S/C18H23N5O3/c1-21(12-14(24)22-9-5-6-10-22)15-16(19)23(18(26)20-17(15)25)11-13-7-3-2-4-8-13/h2-4,7-8H,5-6,9-12,19H2,1H3,(H,20,25,26). The number of nitrogens with two attached hydrogens (primary N) is 1. The Hall–Kier alpha value is -3.03. The number of amides is 1. The van der Waals surface area contributed by atoms with E-state index in [1.54, 1.807) is 11.9 Å². The zero-order chi connectivity index (χ0) is 18.7. The lowest BCUT2D eigenvalue weighted by atomic mass is 10.2. The smallest absolute Gasteiger partial charge is 0.330 e. The highest BCUT2D eigenvalue weighted by molar-refractivity contribution is 5.82. The molecule has 0 saturated carbocycles. The fraction of sp³-hybridized carbons (Fsp3) is 0.389. The number of carbonyl (C=O) groups is 1. The first kappa shape index (κ1) is 17.8. The average molecular weight is 357 g/mol. The molecular weight excluding hydrogens is 334 g/mol. The lowest BCUT2D eigenvalue weighted by molar-refractivity contribution is -0.128. The first-order valence-electron chi connectivity index (χ1n) is 8.63. The summed E-state index contributed by atoms with van der Waals surface area (Å²) in [5, 5.41) is 0. The third kappa shape index (κ3) is 3.63. The zero-order valence-corrected chi connectivity index (χ0v) is 14.8. The third-order valence-electron chi connectivity index (χ3n) is 4.61. The van der Waals surface area contributed by atoms with Crippen LogP contribution in [0.3, 0.4) is 0 Å². The molecule has 8 nitrogen and oxygen atoms in total. The number of anilines is 2. The molecule has 1 aromatic heterocycles. The van der Waals surface area contributed by atoms with Crippen LogP contribution in [-0.4, -0.2) is 47.0 Å². The molecule has 0 aliphatic carbocycles. The van der Waals surface area contributed by atoms with E-state index in [0.29, 0.717) is 0 Å². The molecule has 0 unspecified atom stereocenters. The molecule has 0 radical (unpaired) electrons. The third-order valence-corrected chi connectivity index (χ3v) is 4.61. The second kappa shape index (κ2) is 7.47. The van der Waals surface area contributed by atoms with Gasteiger partial charge in [0.25, 0.3) is 5.56 Å². The van der Waals surface area contributed by atoms with Crippen molar-refractivity contribution in [2.45, 2.75) is 19.4 Å². The predicted molar refractivity (Wildman–Crippen MR) is 100 cm³/mol. The van der Waals surface area contributed by atoms with Gasteiger partial charge in [0.05, 0.1) is 13.1 Å². The van der Waals surface area contributed by atoms with Crippen molar-refractivity contribution in [3.05, 3.63) is 56.7 Å². The number of nitrogen functional groups attached to an aromatic ring is 1. The van der Waals surface area contributed by atoms with Gasteiger partial charge < -0.3 is 15.5 Å². The Labute approximate surface area is 150 Å². The molecule has 1 aliphatic heterocycles. The van der Waals surface area contributed by atoms with Crippen LogP contribution in [-0.2, 0) is 11.3 Å². The summed E-state index contributed by atoms with van der Waals surface area (Å²) in [4.78, 5) is 42.4. The van der Waals surface area contributed by atoms with Crippen molar-refractivity contribution < 1.29 is 4.79 Å². The molecule has 0 spiro atoms. The molecule has 1 aliphatic rings. The Kier molecular flexibility index (Phi) is 5.11. The van der Waals surface area contributed by atoms with Crippen molar-refractivity contribution in [3.8, 4) is 0 Å². The van der Waals surface area contributed by atoms with Crippen molar-refractivity contribution in [1.82, 2.24) is 14.5 Å². The molecule has 138 valence electrons. The normalized spacial score (nSPS) is 13.8. The largest absolute Gasteiger partial charge is 0.383 e. The van der Waals surface area contributed by atoms with Gasteiger partial charge in [0.1, 0.15) is 11.5 Å². The Balaban J connectivity index is 1.89. The Bertz CT molecular complexity index is 897. The SMILES string of the molecule is CN(CC(=O)N1CCCC1)c1c(N)n(Cc2ccccc2)c(=O)[nH]c1=O. The fourth-order valence-corrected chi connectivity index (χ4v) is 3.22. The van der Waals surface area contributed by atoms with Gasteiger partial charge in [-0.25, -0.2) is 4.79 Å². The maximum Gasteiger partial charge on any atom is 0.330 e. The van der Waals surface area contributed by atoms with Crippen LogP contribution in [0.1, 0.15) is 18.4 Å². The number of rotatable bonds is 5. The monoisotopic (exact) mass is 357 g/mol. The number of hydrogen-bond donors (Lipinski definition) is 2. The molecule has 1 amide bonds. The van der Waals surface area contributed by atoms with E-state index >= 15 is 0 Å². The van der Waals surface area contributed by atoms with Gasteiger partial charge in [-0.15, -0.1) is 0 Å². The van der Waals surface area contributed by atoms with Crippen LogP contribution in [0.4, 0.5) is 11.5 Å². The highest BCUT2D eigenvalue weighted by Gasteiger charge is 2.22. The van der Waals surface area contributed by atoms with Crippen molar-refractivity contribution in [1.29, 1.82) is 0 Å². The molecule has 2 heterocycles. The number of aromatic nitrogens is 2. The number of nitrogens with one attached hydrogen (secondary N) is 1. The zero-order valence-electron chi connectivity index (χ0n) is 14.8. The second-order valence-corrected chi connectivity index (χ2v) is 6.51. The van der Waals surface area contributed by atoms with E-state index in [1.807, 2.05) is 30.3 Å². The molecule has 1 saturated heterocycles. The van der Waals surface area contributed by atoms with Crippen LogP contribution < -0.4 is 21.9 Å². The van der Waals surface area contributed by atoms with Gasteiger partial charge in [-0.3, -0.25) is 19.1 Å². The number of carbonyl (C=O) groups excluding carboxylic acids is 1. The van der Waals surface area contributed by atoms with Gasteiger partial charge in [-0.05, 0) is 18.4 Å². The number of likely N-dealkylation sites (N-methyl/N-ethyl adjacent to an activating group) is 1. The van der Waals surface area contributed by atoms with Gasteiger partial charge in [0.2, 0.25) is 5.91 Å². The molecule has 2 aromatic rings. The second-order valence-electron chi connectivity index (χ2n) is 6.51. The van der Waals surface area contributed by atoms with Crippen LogP contribution >= 0.6 is 0 Å². The van der Waals surface area contributed by atoms with Crippen molar-refractivity contribution >= 4 is 17.4 Å². The minimum atomic E-state index is -0.589. The summed E-state index contributed by atoms with van der Waals surface area (Å²) in [7, 11) is 1.63. The van der Waals surface area contributed by atoms with Crippen LogP contribution in [0, 0.1) is 0 Å². The average Bonchev–Trinajstić information content (AvgIpc) is 3.14. The highest BCUT2D eigenvalue weighted by atomic mass is 16.2. The van der Waals surface area contributed by atoms with Gasteiger partial charge >= 0.3 is 5.69 Å². The minimum Gasteiger partial charge on any atom is -0.383 e. The van der Waals surface area contributed by atoms with E-state index in [1.165, 1.54) is 9.47 Å². The van der Waals surface area contributed by atoms with Crippen molar-refractivity contribution in [2.24, 2.45) is 0 Å². The minimum absolute atomic E-state index is 0.0385. The maximum absolute atomic E-state index is 12.4. The Morgan fingerprint density at radius 3 is 2.50 bits per heavy atom. The van der Waals surface area contributed by atoms with E-state index in [4.69, 9.17) is 5.73 Å². The maximum atomic E-state index is 12.4. The van der Waals surface area contributed by atoms with E-state index in [-0.39, 0.29) is 30.5 Å². The van der Waals surface area contributed by atoms with Crippen LogP contribution in [0.15, 0.2) is 39.9 Å². The summed E-state index contributed by atoms with van der Waals surface area (Å²) in [5.74, 6) is 0.00364. The van der Waals surface area contributed by atoms with E-state index in [2.05, 4.69) is 4.98 Å². The van der Waals surface area contributed by atoms with Crippen LogP contribution in [0.25, 0.3) is 0 Å².